The normalized spacial score (nSPS) is 9.16. The van der Waals surface area contributed by atoms with E-state index in [1.807, 2.05) is 31.2 Å². The van der Waals surface area contributed by atoms with Crippen molar-refractivity contribution in [2.75, 3.05) is 5.73 Å². The van der Waals surface area contributed by atoms with Crippen LogP contribution in [0.1, 0.15) is 24.5 Å². The van der Waals surface area contributed by atoms with Crippen LogP contribution in [0.3, 0.4) is 0 Å². The molecule has 3 N–H and O–H groups in total. The average molecular weight is 590 g/mol. The molecule has 0 spiro atoms. The number of halogens is 3. The summed E-state index contributed by atoms with van der Waals surface area (Å²) in [5.41, 5.74) is 8.03. The molecule has 0 amide bonds. The van der Waals surface area contributed by atoms with Gasteiger partial charge in [-0.1, -0.05) is 25.4 Å². The van der Waals surface area contributed by atoms with Crippen molar-refractivity contribution in [3.63, 3.8) is 0 Å². The molecule has 0 fully saturated rings. The summed E-state index contributed by atoms with van der Waals surface area (Å²) < 4.78 is 19.0. The minimum Gasteiger partial charge on any atom is -0.425 e. The van der Waals surface area contributed by atoms with Crippen LogP contribution in [0.15, 0.2) is 47.5 Å². The molecular formula is C18H20ClF2N3U. The van der Waals surface area contributed by atoms with Gasteiger partial charge in [0.25, 0.3) is 0 Å². The van der Waals surface area contributed by atoms with E-state index in [2.05, 4.69) is 18.0 Å². The largest absolute Gasteiger partial charge is 2.00 e. The number of anilines is 1. The van der Waals surface area contributed by atoms with Crippen LogP contribution in [-0.4, -0.2) is 12.1 Å². The maximum atomic E-state index is 9.50. The minimum absolute atomic E-state index is 0. The number of hydrogen-bond acceptors (Lipinski definition) is 2. The Bertz CT molecular complexity index is 637. The zero-order valence-corrected chi connectivity index (χ0v) is 19.0. The fourth-order valence-corrected chi connectivity index (χ4v) is 1.58. The van der Waals surface area contributed by atoms with Crippen LogP contribution in [0.4, 0.5) is 14.5 Å². The standard InChI is InChI=1S/C10H12ClN3.C7H7.CHF2.U/c1-2-5-14-10(13)7-3-4-9(12)8(11)6-7;1-7-5-3-2-4-6-7;2-1-3;/h3-6,13H,2,12H2,1H3;3-6H,1H3;1H;/q;2*-1;+2. The van der Waals surface area contributed by atoms with Crippen molar-refractivity contribution in [3.05, 3.63) is 71.6 Å². The van der Waals surface area contributed by atoms with E-state index in [1.54, 1.807) is 24.4 Å². The first-order valence-corrected chi connectivity index (χ1v) is 7.45. The van der Waals surface area contributed by atoms with Crippen LogP contribution >= 0.6 is 11.6 Å². The molecule has 0 aliphatic heterocycles. The Morgan fingerprint density at radius 2 is 1.88 bits per heavy atom. The summed E-state index contributed by atoms with van der Waals surface area (Å²) in [5.74, 6) is 0.203. The maximum Gasteiger partial charge on any atom is 2.00 e. The monoisotopic (exact) mass is 589 g/mol. The van der Waals surface area contributed by atoms with Crippen molar-refractivity contribution in [2.45, 2.75) is 20.3 Å². The molecule has 2 aromatic carbocycles. The molecule has 0 radical (unpaired) electrons. The van der Waals surface area contributed by atoms with Crippen LogP contribution in [0.25, 0.3) is 0 Å². The van der Waals surface area contributed by atoms with E-state index in [0.717, 1.165) is 6.42 Å². The number of amidine groups is 1. The van der Waals surface area contributed by atoms with Crippen molar-refractivity contribution in [1.29, 1.82) is 5.41 Å². The zero-order valence-electron chi connectivity index (χ0n) is 14.1. The molecule has 0 atom stereocenters. The quantitative estimate of drug-likeness (QED) is 0.205. The van der Waals surface area contributed by atoms with E-state index in [9.17, 15) is 8.78 Å². The van der Waals surface area contributed by atoms with E-state index < -0.39 is 6.93 Å². The number of aryl methyl sites for hydroxylation is 1. The fourth-order valence-electron chi connectivity index (χ4n) is 1.40. The first kappa shape index (κ1) is 26.0. The van der Waals surface area contributed by atoms with E-state index in [-0.39, 0.29) is 36.9 Å². The number of nitrogens with zero attached hydrogens (tertiary/aromatic N) is 1. The van der Waals surface area contributed by atoms with Gasteiger partial charge in [-0.25, -0.2) is 4.99 Å². The Morgan fingerprint density at radius 3 is 2.28 bits per heavy atom. The van der Waals surface area contributed by atoms with E-state index >= 15 is 0 Å². The van der Waals surface area contributed by atoms with E-state index in [0.29, 0.717) is 16.3 Å². The van der Waals surface area contributed by atoms with Gasteiger partial charge in [-0.3, -0.25) is 5.41 Å². The summed E-state index contributed by atoms with van der Waals surface area (Å²) in [7, 11) is 0. The molecule has 2 aromatic rings. The van der Waals surface area contributed by atoms with Crippen LogP contribution < -0.4 is 5.73 Å². The molecule has 0 aliphatic rings. The first-order valence-electron chi connectivity index (χ1n) is 7.07. The summed E-state index contributed by atoms with van der Waals surface area (Å²) in [5, 5.41) is 8.06. The third-order valence-electron chi connectivity index (χ3n) is 2.56. The Morgan fingerprint density at radius 1 is 1.32 bits per heavy atom. The van der Waals surface area contributed by atoms with Gasteiger partial charge in [-0.15, -0.1) is 0 Å². The Hall–Kier alpha value is -1.22. The van der Waals surface area contributed by atoms with Crippen LogP contribution in [0.5, 0.6) is 0 Å². The van der Waals surface area contributed by atoms with Crippen molar-refractivity contribution in [1.82, 2.24) is 0 Å². The smallest absolute Gasteiger partial charge is 0.425 e. The Balaban J connectivity index is 0. The SMILES string of the molecule is CCC=NC(=N)c1ccc(N)c(Cl)c1.Cc1cc[c-]cc1.F[CH-]F.[U+2]. The van der Waals surface area contributed by atoms with Gasteiger partial charge in [0.05, 0.1) is 10.7 Å². The van der Waals surface area contributed by atoms with Gasteiger partial charge < -0.3 is 14.5 Å². The minimum atomic E-state index is -1.00. The number of nitrogens with two attached hydrogens (primary N) is 1. The topological polar surface area (TPSA) is 62.2 Å². The number of benzene rings is 2. The number of nitrogens with one attached hydrogen (secondary N) is 1. The predicted molar refractivity (Wildman–Crippen MR) is 98.0 cm³/mol. The summed E-state index contributed by atoms with van der Waals surface area (Å²) in [6.45, 7) is 3.03. The molecule has 0 aliphatic carbocycles. The van der Waals surface area contributed by atoms with Gasteiger partial charge in [0.15, 0.2) is 5.84 Å². The fraction of sp³-hybridized carbons (Fsp3) is 0.167. The average Bonchev–Trinajstić information content (AvgIpc) is 2.57. The van der Waals surface area contributed by atoms with Gasteiger partial charge in [0.2, 0.25) is 0 Å². The van der Waals surface area contributed by atoms with Gasteiger partial charge in [0, 0.05) is 11.8 Å². The molecule has 2 rings (SSSR count). The first-order chi connectivity index (χ1) is 11.5. The van der Waals surface area contributed by atoms with Crippen molar-refractivity contribution in [3.8, 4) is 0 Å². The molecule has 0 saturated heterocycles. The number of rotatable bonds is 2. The maximum absolute atomic E-state index is 9.50. The molecule has 0 aromatic heterocycles. The second kappa shape index (κ2) is 16.3. The van der Waals surface area contributed by atoms with Gasteiger partial charge in [-0.2, -0.15) is 35.9 Å². The van der Waals surface area contributed by atoms with Gasteiger partial charge in [0.1, 0.15) is 0 Å². The molecule has 7 heteroatoms. The molecule has 0 unspecified atom stereocenters. The van der Waals surface area contributed by atoms with Crippen molar-refractivity contribution in [2.24, 2.45) is 4.99 Å². The van der Waals surface area contributed by atoms with E-state index in [4.69, 9.17) is 22.7 Å². The summed E-state index contributed by atoms with van der Waals surface area (Å²) in [6.07, 6.45) is 2.50. The van der Waals surface area contributed by atoms with Crippen molar-refractivity contribution >= 4 is 29.3 Å². The molecule has 0 heterocycles. The predicted octanol–water partition coefficient (Wildman–Crippen LogP) is 5.57. The second-order valence-corrected chi connectivity index (χ2v) is 4.87. The zero-order chi connectivity index (χ0) is 18.4. The molecule has 132 valence electrons. The summed E-state index contributed by atoms with van der Waals surface area (Å²) in [6, 6.07) is 15.9. The molecule has 25 heavy (non-hydrogen) atoms. The van der Waals surface area contributed by atoms with Crippen LogP contribution in [-0.2, 0) is 0 Å². The molecule has 0 bridgehead atoms. The Kier molecular flexibility index (Phi) is 16.9. The van der Waals surface area contributed by atoms with Gasteiger partial charge in [-0.05, 0) is 31.5 Å². The molecule has 0 saturated carbocycles. The summed E-state index contributed by atoms with van der Waals surface area (Å²) in [4.78, 5) is 3.94. The van der Waals surface area contributed by atoms with Crippen molar-refractivity contribution < 1.29 is 39.9 Å². The number of nitrogen functional groups attached to an aromatic ring is 1. The second-order valence-electron chi connectivity index (χ2n) is 4.46. The van der Waals surface area contributed by atoms with Crippen LogP contribution in [0, 0.1) is 56.4 Å². The molecular weight excluding hydrogens is 570 g/mol. The van der Waals surface area contributed by atoms with Crippen LogP contribution in [0.2, 0.25) is 5.02 Å². The third-order valence-corrected chi connectivity index (χ3v) is 2.89. The Labute approximate surface area is 176 Å². The number of hydrogen-bond donors (Lipinski definition) is 2. The summed E-state index contributed by atoms with van der Waals surface area (Å²) >= 11 is 5.82. The van der Waals surface area contributed by atoms with E-state index in [1.165, 1.54) is 5.56 Å². The molecule has 3 nitrogen and oxygen atoms in total. The number of aliphatic imine (C=N–C) groups is 1. The van der Waals surface area contributed by atoms with Gasteiger partial charge >= 0.3 is 31.1 Å². The third kappa shape index (κ3) is 12.7.